The van der Waals surface area contributed by atoms with Crippen LogP contribution < -0.4 is 4.74 Å². The van der Waals surface area contributed by atoms with Gasteiger partial charge in [-0.25, -0.2) is 4.79 Å². The van der Waals surface area contributed by atoms with Gasteiger partial charge in [-0.05, 0) is 41.5 Å². The maximum atomic E-state index is 12.7. The number of carbonyl (C=O) groups is 3. The number of aromatic hydroxyl groups is 1. The van der Waals surface area contributed by atoms with Gasteiger partial charge in [0.05, 0.1) is 16.7 Å². The Balaban J connectivity index is 2.01. The van der Waals surface area contributed by atoms with Crippen LogP contribution in [0.5, 0.6) is 11.5 Å². The monoisotopic (exact) mass is 324 g/mol. The highest BCUT2D eigenvalue weighted by atomic mass is 16.5. The molecule has 6 heteroatoms. The molecule has 0 fully saturated rings. The third-order valence-corrected chi connectivity index (χ3v) is 3.62. The van der Waals surface area contributed by atoms with Gasteiger partial charge in [-0.15, -0.1) is 0 Å². The second-order valence-corrected chi connectivity index (χ2v) is 5.24. The minimum absolute atomic E-state index is 0.00837. The Morgan fingerprint density at radius 1 is 1.04 bits per heavy atom. The van der Waals surface area contributed by atoms with Crippen LogP contribution in [0.4, 0.5) is 0 Å². The second kappa shape index (κ2) is 5.66. The van der Waals surface area contributed by atoms with Crippen molar-refractivity contribution in [3.63, 3.8) is 0 Å². The van der Waals surface area contributed by atoms with Crippen molar-refractivity contribution >= 4 is 29.4 Å². The number of carbonyl (C=O) groups excluding carboxylic acids is 2. The summed E-state index contributed by atoms with van der Waals surface area (Å²) in [5.41, 5.74) is 1.15. The molecule has 1 aliphatic carbocycles. The Kier molecular flexibility index (Phi) is 3.65. The predicted octanol–water partition coefficient (Wildman–Crippen LogP) is 2.49. The molecule has 0 radical (unpaired) electrons. The van der Waals surface area contributed by atoms with Crippen molar-refractivity contribution < 1.29 is 29.3 Å². The number of benzene rings is 2. The fraction of sp³-hybridized carbons (Fsp3) is 0.0556. The fourth-order valence-electron chi connectivity index (χ4n) is 2.52. The number of hydrogen-bond donors (Lipinski definition) is 2. The lowest BCUT2D eigenvalue weighted by Crippen LogP contribution is -2.12. The van der Waals surface area contributed by atoms with E-state index in [-0.39, 0.29) is 28.2 Å². The summed E-state index contributed by atoms with van der Waals surface area (Å²) in [6.07, 6.45) is 1.42. The highest BCUT2D eigenvalue weighted by Gasteiger charge is 2.27. The molecule has 2 aromatic carbocycles. The molecular weight excluding hydrogens is 312 g/mol. The minimum Gasteiger partial charge on any atom is -0.507 e. The molecule has 0 atom stereocenters. The van der Waals surface area contributed by atoms with E-state index in [0.717, 1.165) is 0 Å². The number of carboxylic acid groups (broad SMARTS) is 1. The van der Waals surface area contributed by atoms with Crippen LogP contribution >= 0.6 is 0 Å². The van der Waals surface area contributed by atoms with Gasteiger partial charge in [-0.1, -0.05) is 12.1 Å². The van der Waals surface area contributed by atoms with E-state index in [9.17, 15) is 19.5 Å². The number of phenols is 1. The van der Waals surface area contributed by atoms with Gasteiger partial charge < -0.3 is 14.9 Å². The summed E-state index contributed by atoms with van der Waals surface area (Å²) in [5, 5.41) is 19.1. The molecule has 0 amide bonds. The number of carboxylic acids is 1. The van der Waals surface area contributed by atoms with Crippen molar-refractivity contribution in [3.8, 4) is 11.5 Å². The molecule has 1 aliphatic rings. The first-order valence-electron chi connectivity index (χ1n) is 7.03. The average Bonchev–Trinajstić information content (AvgIpc) is 2.50. The predicted molar refractivity (Wildman–Crippen MR) is 84.8 cm³/mol. The van der Waals surface area contributed by atoms with Gasteiger partial charge in [0.1, 0.15) is 11.5 Å². The molecule has 0 aromatic heterocycles. The van der Waals surface area contributed by atoms with Crippen LogP contribution in [-0.4, -0.2) is 27.9 Å². The third kappa shape index (κ3) is 2.54. The minimum atomic E-state index is -1.10. The van der Waals surface area contributed by atoms with Crippen LogP contribution in [0.2, 0.25) is 0 Å². The van der Waals surface area contributed by atoms with Crippen molar-refractivity contribution in [1.29, 1.82) is 0 Å². The molecule has 3 rings (SSSR count). The lowest BCUT2D eigenvalue weighted by Gasteiger charge is -2.19. The summed E-state index contributed by atoms with van der Waals surface area (Å²) in [4.78, 5) is 34.8. The maximum Gasteiger partial charge on any atom is 0.336 e. The van der Waals surface area contributed by atoms with E-state index >= 15 is 0 Å². The highest BCUT2D eigenvalue weighted by molar-refractivity contribution is 6.27. The van der Waals surface area contributed by atoms with E-state index in [2.05, 4.69) is 0 Å². The molecule has 120 valence electrons. The van der Waals surface area contributed by atoms with E-state index < -0.39 is 17.7 Å². The largest absolute Gasteiger partial charge is 0.507 e. The number of ketones is 1. The molecule has 0 spiro atoms. The number of ether oxygens (including phenoxy) is 1. The molecule has 0 unspecified atom stereocenters. The van der Waals surface area contributed by atoms with Gasteiger partial charge in [0.2, 0.25) is 5.78 Å². The normalized spacial score (nSPS) is 11.8. The van der Waals surface area contributed by atoms with Crippen LogP contribution in [0.15, 0.2) is 36.4 Å². The van der Waals surface area contributed by atoms with Crippen molar-refractivity contribution in [2.24, 2.45) is 0 Å². The Labute approximate surface area is 136 Å². The summed E-state index contributed by atoms with van der Waals surface area (Å²) < 4.78 is 5.01. The lowest BCUT2D eigenvalue weighted by molar-refractivity contribution is -0.132. The topological polar surface area (TPSA) is 101 Å². The molecule has 2 N–H and O–H groups in total. The fourth-order valence-corrected chi connectivity index (χ4v) is 2.52. The maximum absolute atomic E-state index is 12.7. The van der Waals surface area contributed by atoms with E-state index in [1.807, 2.05) is 0 Å². The number of hydrogen-bond acceptors (Lipinski definition) is 5. The number of rotatable bonds is 4. The molecule has 0 saturated heterocycles. The molecule has 0 aliphatic heterocycles. The highest BCUT2D eigenvalue weighted by Crippen LogP contribution is 2.38. The van der Waals surface area contributed by atoms with Crippen molar-refractivity contribution in [1.82, 2.24) is 0 Å². The second-order valence-electron chi connectivity index (χ2n) is 5.24. The van der Waals surface area contributed by atoms with Crippen LogP contribution in [-0.2, 0) is 9.59 Å². The van der Waals surface area contributed by atoms with E-state index in [0.29, 0.717) is 11.1 Å². The lowest BCUT2D eigenvalue weighted by atomic mass is 9.85. The molecule has 2 aromatic rings. The van der Waals surface area contributed by atoms with Crippen molar-refractivity contribution in [3.05, 3.63) is 58.7 Å². The number of fused-ring (bicyclic) bond motifs is 1. The van der Waals surface area contributed by atoms with Crippen molar-refractivity contribution in [2.45, 2.75) is 6.92 Å². The van der Waals surface area contributed by atoms with Crippen LogP contribution in [0, 0.1) is 0 Å². The zero-order valence-corrected chi connectivity index (χ0v) is 12.6. The number of para-hydroxylation sites is 1. The van der Waals surface area contributed by atoms with Gasteiger partial charge in [0.15, 0.2) is 0 Å². The number of esters is 1. The summed E-state index contributed by atoms with van der Waals surface area (Å²) in [6, 6.07) is 8.87. The van der Waals surface area contributed by atoms with Gasteiger partial charge in [0, 0.05) is 6.92 Å². The summed E-state index contributed by atoms with van der Waals surface area (Å²) in [7, 11) is 0. The number of aliphatic carboxylic acids is 1. The quantitative estimate of drug-likeness (QED) is 0.509. The molecular formula is C18H12O6. The first-order chi connectivity index (χ1) is 11.4. The third-order valence-electron chi connectivity index (χ3n) is 3.62. The average molecular weight is 324 g/mol. The zero-order valence-electron chi connectivity index (χ0n) is 12.6. The standard InChI is InChI=1S/C18H12O6/c1-9(19)24-16-5-3-2-4-11(16)17(21)14-7-10-6-13(18(22)23)12(10)8-15(14)20/h2-8,20H,1H3,(H,22,23). The molecule has 6 nitrogen and oxygen atoms in total. The smallest absolute Gasteiger partial charge is 0.336 e. The molecule has 0 heterocycles. The Bertz CT molecular complexity index is 923. The van der Waals surface area contributed by atoms with E-state index in [1.54, 1.807) is 12.1 Å². The first-order valence-corrected chi connectivity index (χ1v) is 7.03. The van der Waals surface area contributed by atoms with Gasteiger partial charge in [-0.2, -0.15) is 0 Å². The Hall–Kier alpha value is -3.41. The zero-order chi connectivity index (χ0) is 17.4. The molecule has 0 bridgehead atoms. The SMILES string of the molecule is CC(=O)Oc1ccccc1C(=O)c1cc2c(cc1O)C(C(=O)O)=C2. The number of phenolic OH excluding ortho intramolecular Hbond substituents is 1. The summed E-state index contributed by atoms with van der Waals surface area (Å²) in [5.74, 6) is -2.42. The van der Waals surface area contributed by atoms with E-state index in [1.165, 1.54) is 37.3 Å². The van der Waals surface area contributed by atoms with Gasteiger partial charge >= 0.3 is 11.9 Å². The van der Waals surface area contributed by atoms with Gasteiger partial charge in [-0.3, -0.25) is 9.59 Å². The molecule has 0 saturated carbocycles. The van der Waals surface area contributed by atoms with Crippen molar-refractivity contribution in [2.75, 3.05) is 0 Å². The summed E-state index contributed by atoms with van der Waals surface area (Å²) in [6.45, 7) is 1.22. The Morgan fingerprint density at radius 2 is 1.75 bits per heavy atom. The van der Waals surface area contributed by atoms with Crippen LogP contribution in [0.25, 0.3) is 11.6 Å². The first kappa shape index (κ1) is 15.5. The Morgan fingerprint density at radius 3 is 2.42 bits per heavy atom. The van der Waals surface area contributed by atoms with Crippen LogP contribution in [0.3, 0.4) is 0 Å². The van der Waals surface area contributed by atoms with Crippen LogP contribution in [0.1, 0.15) is 34.0 Å². The molecule has 24 heavy (non-hydrogen) atoms. The van der Waals surface area contributed by atoms with E-state index in [4.69, 9.17) is 9.84 Å². The van der Waals surface area contributed by atoms with Gasteiger partial charge in [0.25, 0.3) is 0 Å². The summed E-state index contributed by atoms with van der Waals surface area (Å²) >= 11 is 0.